The molecule has 0 radical (unpaired) electrons. The maximum Gasteiger partial charge on any atom is 0.251 e. The monoisotopic (exact) mass is 446 g/mol. The van der Waals surface area contributed by atoms with Crippen molar-refractivity contribution in [3.63, 3.8) is 0 Å². The molecule has 3 N–H and O–H groups in total. The fraction of sp³-hybridized carbons (Fsp3) is 0.300. The number of carbonyl (C=O) groups is 1. The zero-order chi connectivity index (χ0) is 19.8. The summed E-state index contributed by atoms with van der Waals surface area (Å²) >= 11 is 3.36. The number of amides is 1. The molecule has 0 aromatic heterocycles. The Morgan fingerprint density at radius 1 is 1.04 bits per heavy atom. The van der Waals surface area contributed by atoms with E-state index >= 15 is 0 Å². The number of halogens is 1. The maximum absolute atomic E-state index is 12.0. The highest BCUT2D eigenvalue weighted by molar-refractivity contribution is 9.10. The molecule has 1 aliphatic heterocycles. The number of guanidine groups is 1. The van der Waals surface area contributed by atoms with Crippen LogP contribution in [-0.2, 0) is 6.54 Å². The summed E-state index contributed by atoms with van der Waals surface area (Å²) in [5.41, 5.74) is 1.73. The van der Waals surface area contributed by atoms with Gasteiger partial charge in [-0.05, 0) is 48.4 Å². The second kappa shape index (κ2) is 9.98. The van der Waals surface area contributed by atoms with Gasteiger partial charge in [0, 0.05) is 36.7 Å². The van der Waals surface area contributed by atoms with Gasteiger partial charge in [-0.3, -0.25) is 9.79 Å². The van der Waals surface area contributed by atoms with Gasteiger partial charge in [0.05, 0.1) is 0 Å². The Labute approximate surface area is 172 Å². The number of hydrogen-bond donors (Lipinski definition) is 3. The van der Waals surface area contributed by atoms with Crippen LogP contribution in [0, 0.1) is 0 Å². The summed E-state index contributed by atoms with van der Waals surface area (Å²) in [6.07, 6.45) is 0.785. The summed E-state index contributed by atoms with van der Waals surface area (Å²) in [6.45, 7) is 2.17. The van der Waals surface area contributed by atoms with Crippen molar-refractivity contribution >= 4 is 27.8 Å². The van der Waals surface area contributed by atoms with E-state index in [9.17, 15) is 4.79 Å². The molecular weight excluding hydrogens is 424 g/mol. The zero-order valence-corrected chi connectivity index (χ0v) is 17.2. The van der Waals surface area contributed by atoms with Crippen LogP contribution in [0.3, 0.4) is 0 Å². The van der Waals surface area contributed by atoms with Gasteiger partial charge in [0.15, 0.2) is 17.5 Å². The molecule has 0 bridgehead atoms. The number of aliphatic imine (C=N–C) groups is 1. The highest BCUT2D eigenvalue weighted by Gasteiger charge is 2.13. The number of ether oxygens (including phenoxy) is 2. The Kier molecular flexibility index (Phi) is 7.13. The van der Waals surface area contributed by atoms with E-state index in [0.29, 0.717) is 31.2 Å². The molecule has 1 aliphatic rings. The highest BCUT2D eigenvalue weighted by atomic mass is 79.9. The maximum atomic E-state index is 12.0. The predicted molar refractivity (Wildman–Crippen MR) is 112 cm³/mol. The molecule has 0 saturated heterocycles. The number of carbonyl (C=O) groups excluding carboxylic acids is 1. The highest BCUT2D eigenvalue weighted by Crippen LogP contribution is 2.32. The number of rotatable bonds is 7. The minimum atomic E-state index is -0.0715. The molecule has 0 fully saturated rings. The minimum absolute atomic E-state index is 0.0715. The van der Waals surface area contributed by atoms with Gasteiger partial charge in [0.2, 0.25) is 6.79 Å². The first-order chi connectivity index (χ1) is 13.7. The molecule has 28 heavy (non-hydrogen) atoms. The third-order valence-electron chi connectivity index (χ3n) is 4.16. The average molecular weight is 447 g/mol. The lowest BCUT2D eigenvalue weighted by Crippen LogP contribution is -2.38. The van der Waals surface area contributed by atoms with Crippen molar-refractivity contribution in [2.24, 2.45) is 4.99 Å². The molecule has 2 aromatic carbocycles. The second-order valence-corrected chi connectivity index (χ2v) is 7.07. The molecular formula is C20H23BrN4O3. The molecule has 0 aliphatic carbocycles. The van der Waals surface area contributed by atoms with E-state index < -0.39 is 0 Å². The summed E-state index contributed by atoms with van der Waals surface area (Å²) in [4.78, 5) is 16.3. The lowest BCUT2D eigenvalue weighted by atomic mass is 10.2. The third-order valence-corrected chi connectivity index (χ3v) is 4.69. The lowest BCUT2D eigenvalue weighted by molar-refractivity contribution is 0.0953. The van der Waals surface area contributed by atoms with Gasteiger partial charge in [0.25, 0.3) is 5.91 Å². The van der Waals surface area contributed by atoms with E-state index in [-0.39, 0.29) is 12.7 Å². The fourth-order valence-electron chi connectivity index (χ4n) is 2.66. The topological polar surface area (TPSA) is 84.0 Å². The summed E-state index contributed by atoms with van der Waals surface area (Å²) < 4.78 is 11.7. The van der Waals surface area contributed by atoms with E-state index in [4.69, 9.17) is 9.47 Å². The molecule has 1 amide bonds. The van der Waals surface area contributed by atoms with Crippen LogP contribution in [0.25, 0.3) is 0 Å². The van der Waals surface area contributed by atoms with Gasteiger partial charge in [-0.2, -0.15) is 0 Å². The van der Waals surface area contributed by atoms with Crippen LogP contribution in [0.2, 0.25) is 0 Å². The standard InChI is InChI=1S/C20H23BrN4O3/c1-22-20(25-12-14-3-8-17-18(11-14)28-13-27-17)24-10-2-9-23-19(26)15-4-6-16(21)7-5-15/h3-8,11H,2,9-10,12-13H2,1H3,(H,23,26)(H2,22,24,25). The number of fused-ring (bicyclic) bond motifs is 1. The molecule has 0 spiro atoms. The molecule has 0 atom stereocenters. The van der Waals surface area contributed by atoms with Crippen molar-refractivity contribution in [3.05, 3.63) is 58.1 Å². The van der Waals surface area contributed by atoms with Crippen molar-refractivity contribution in [2.75, 3.05) is 26.9 Å². The molecule has 3 rings (SSSR count). The average Bonchev–Trinajstić information content (AvgIpc) is 3.18. The Balaban J connectivity index is 1.34. The summed E-state index contributed by atoms with van der Waals surface area (Å²) in [6, 6.07) is 13.1. The van der Waals surface area contributed by atoms with Crippen LogP contribution in [0.4, 0.5) is 0 Å². The first-order valence-corrected chi connectivity index (χ1v) is 9.82. The number of hydrogen-bond acceptors (Lipinski definition) is 4. The van der Waals surface area contributed by atoms with Gasteiger partial charge in [-0.1, -0.05) is 22.0 Å². The fourth-order valence-corrected chi connectivity index (χ4v) is 2.92. The summed E-state index contributed by atoms with van der Waals surface area (Å²) in [7, 11) is 1.73. The number of nitrogens with one attached hydrogen (secondary N) is 3. The summed E-state index contributed by atoms with van der Waals surface area (Å²) in [5.74, 6) is 2.18. The molecule has 0 saturated carbocycles. The van der Waals surface area contributed by atoms with Gasteiger partial charge in [0.1, 0.15) is 0 Å². The zero-order valence-electron chi connectivity index (χ0n) is 15.6. The molecule has 2 aromatic rings. The quantitative estimate of drug-likeness (QED) is 0.345. The molecule has 0 unspecified atom stereocenters. The largest absolute Gasteiger partial charge is 0.454 e. The normalized spacial score (nSPS) is 12.6. The van der Waals surface area contributed by atoms with E-state index in [1.807, 2.05) is 30.3 Å². The Hall–Kier alpha value is -2.74. The van der Waals surface area contributed by atoms with Crippen molar-refractivity contribution in [3.8, 4) is 11.5 Å². The Bertz CT molecular complexity index is 840. The van der Waals surface area contributed by atoms with Crippen molar-refractivity contribution in [1.29, 1.82) is 0 Å². The van der Waals surface area contributed by atoms with E-state index in [1.165, 1.54) is 0 Å². The van der Waals surface area contributed by atoms with Gasteiger partial charge >= 0.3 is 0 Å². The summed E-state index contributed by atoms with van der Waals surface area (Å²) in [5, 5.41) is 9.41. The molecule has 148 valence electrons. The second-order valence-electron chi connectivity index (χ2n) is 6.16. The van der Waals surface area contributed by atoms with Crippen LogP contribution in [-0.4, -0.2) is 38.8 Å². The van der Waals surface area contributed by atoms with E-state index in [1.54, 1.807) is 19.2 Å². The first kappa shape index (κ1) is 20.0. The van der Waals surface area contributed by atoms with Crippen molar-refractivity contribution in [1.82, 2.24) is 16.0 Å². The SMILES string of the molecule is CN=C(NCCCNC(=O)c1ccc(Br)cc1)NCc1ccc2c(c1)OCO2. The van der Waals surface area contributed by atoms with E-state index in [0.717, 1.165) is 28.0 Å². The molecule has 1 heterocycles. The molecule has 7 nitrogen and oxygen atoms in total. The number of benzene rings is 2. The number of nitrogens with zero attached hydrogens (tertiary/aromatic N) is 1. The van der Waals surface area contributed by atoms with Crippen LogP contribution < -0.4 is 25.4 Å². The van der Waals surface area contributed by atoms with Gasteiger partial charge in [-0.15, -0.1) is 0 Å². The minimum Gasteiger partial charge on any atom is -0.454 e. The smallest absolute Gasteiger partial charge is 0.251 e. The Morgan fingerprint density at radius 2 is 1.79 bits per heavy atom. The predicted octanol–water partition coefficient (Wildman–Crippen LogP) is 2.66. The van der Waals surface area contributed by atoms with Crippen LogP contribution in [0.5, 0.6) is 11.5 Å². The van der Waals surface area contributed by atoms with Crippen LogP contribution >= 0.6 is 15.9 Å². The third kappa shape index (κ3) is 5.63. The Morgan fingerprint density at radius 3 is 2.57 bits per heavy atom. The first-order valence-electron chi connectivity index (χ1n) is 9.02. The van der Waals surface area contributed by atoms with Gasteiger partial charge in [-0.25, -0.2) is 0 Å². The molecule has 8 heteroatoms. The van der Waals surface area contributed by atoms with Crippen LogP contribution in [0.15, 0.2) is 51.9 Å². The lowest BCUT2D eigenvalue weighted by Gasteiger charge is -2.12. The van der Waals surface area contributed by atoms with Crippen LogP contribution in [0.1, 0.15) is 22.3 Å². The van der Waals surface area contributed by atoms with Crippen molar-refractivity contribution < 1.29 is 14.3 Å². The van der Waals surface area contributed by atoms with Crippen molar-refractivity contribution in [2.45, 2.75) is 13.0 Å². The van der Waals surface area contributed by atoms with E-state index in [2.05, 4.69) is 36.9 Å². The van der Waals surface area contributed by atoms with Gasteiger partial charge < -0.3 is 25.4 Å².